The van der Waals surface area contributed by atoms with Gasteiger partial charge in [0, 0.05) is 43.0 Å². The molecule has 2 aliphatic heterocycles. The summed E-state index contributed by atoms with van der Waals surface area (Å²) >= 11 is 5.33. The van der Waals surface area contributed by atoms with Crippen LogP contribution in [0.5, 0.6) is 0 Å². The molecular formula is C15H22BrN3OS. The molecule has 1 aromatic heterocycles. The first-order chi connectivity index (χ1) is 10.1. The third kappa shape index (κ3) is 3.04. The number of piperazine rings is 1. The lowest BCUT2D eigenvalue weighted by Crippen LogP contribution is -2.54. The van der Waals surface area contributed by atoms with Gasteiger partial charge in [0.25, 0.3) is 0 Å². The average Bonchev–Trinajstić information content (AvgIpc) is 3.06. The van der Waals surface area contributed by atoms with Crippen molar-refractivity contribution in [2.24, 2.45) is 5.73 Å². The molecule has 0 spiro atoms. The second-order valence-corrected chi connectivity index (χ2v) is 8.43. The molecule has 0 bridgehead atoms. The van der Waals surface area contributed by atoms with E-state index in [9.17, 15) is 4.79 Å². The van der Waals surface area contributed by atoms with E-state index in [0.29, 0.717) is 18.4 Å². The molecule has 2 aliphatic rings. The first-order valence-corrected chi connectivity index (χ1v) is 9.25. The van der Waals surface area contributed by atoms with Crippen molar-refractivity contribution in [1.29, 1.82) is 0 Å². The number of amides is 1. The summed E-state index contributed by atoms with van der Waals surface area (Å²) in [5, 5.41) is 0. The van der Waals surface area contributed by atoms with Gasteiger partial charge < -0.3 is 10.6 Å². The SMILES string of the molecule is CCC(N)C(c1ccc(Br)s1)N1CCN2C(=O)CCC2C1. The zero-order valence-corrected chi connectivity index (χ0v) is 14.7. The van der Waals surface area contributed by atoms with Crippen molar-refractivity contribution in [3.8, 4) is 0 Å². The van der Waals surface area contributed by atoms with Crippen LogP contribution in [-0.2, 0) is 4.79 Å². The van der Waals surface area contributed by atoms with Crippen LogP contribution in [0.15, 0.2) is 15.9 Å². The van der Waals surface area contributed by atoms with Crippen molar-refractivity contribution in [2.45, 2.75) is 44.3 Å². The summed E-state index contributed by atoms with van der Waals surface area (Å²) in [5.41, 5.74) is 6.42. The monoisotopic (exact) mass is 371 g/mol. The molecule has 0 saturated carbocycles. The van der Waals surface area contributed by atoms with E-state index in [1.165, 1.54) is 4.88 Å². The highest BCUT2D eigenvalue weighted by Gasteiger charge is 2.39. The van der Waals surface area contributed by atoms with E-state index in [2.05, 4.69) is 44.8 Å². The normalized spacial score (nSPS) is 26.0. The van der Waals surface area contributed by atoms with E-state index in [0.717, 1.165) is 36.3 Å². The van der Waals surface area contributed by atoms with Gasteiger partial charge >= 0.3 is 0 Å². The van der Waals surface area contributed by atoms with E-state index in [4.69, 9.17) is 5.73 Å². The molecule has 6 heteroatoms. The van der Waals surface area contributed by atoms with Crippen molar-refractivity contribution >= 4 is 33.2 Å². The van der Waals surface area contributed by atoms with Crippen LogP contribution in [0.3, 0.4) is 0 Å². The first kappa shape index (κ1) is 15.5. The Morgan fingerprint density at radius 1 is 1.48 bits per heavy atom. The fourth-order valence-corrected chi connectivity index (χ4v) is 5.15. The molecule has 2 fully saturated rings. The molecule has 3 unspecified atom stereocenters. The number of hydrogen-bond acceptors (Lipinski definition) is 4. The lowest BCUT2D eigenvalue weighted by Gasteiger charge is -2.43. The summed E-state index contributed by atoms with van der Waals surface area (Å²) in [6, 6.07) is 5.08. The Morgan fingerprint density at radius 3 is 2.95 bits per heavy atom. The molecule has 3 heterocycles. The molecule has 3 rings (SSSR count). The van der Waals surface area contributed by atoms with Gasteiger partial charge in [-0.1, -0.05) is 6.92 Å². The van der Waals surface area contributed by atoms with Gasteiger partial charge in [-0.2, -0.15) is 0 Å². The third-order valence-corrected chi connectivity index (χ3v) is 6.38. The zero-order valence-electron chi connectivity index (χ0n) is 12.3. The molecule has 0 aromatic carbocycles. The Bertz CT molecular complexity index is 521. The summed E-state index contributed by atoms with van der Waals surface area (Å²) in [6.45, 7) is 4.88. The summed E-state index contributed by atoms with van der Waals surface area (Å²) < 4.78 is 1.15. The fourth-order valence-electron chi connectivity index (χ4n) is 3.51. The number of nitrogens with two attached hydrogens (primary N) is 1. The summed E-state index contributed by atoms with van der Waals surface area (Å²) in [4.78, 5) is 17.7. The first-order valence-electron chi connectivity index (χ1n) is 7.64. The molecule has 1 aromatic rings. The number of carbonyl (C=O) groups excluding carboxylic acids is 1. The van der Waals surface area contributed by atoms with Gasteiger partial charge in [0.05, 0.1) is 9.83 Å². The molecule has 4 nitrogen and oxygen atoms in total. The van der Waals surface area contributed by atoms with E-state index < -0.39 is 0 Å². The van der Waals surface area contributed by atoms with Crippen molar-refractivity contribution < 1.29 is 4.79 Å². The highest BCUT2D eigenvalue weighted by Crippen LogP contribution is 2.35. The molecule has 3 atom stereocenters. The van der Waals surface area contributed by atoms with E-state index in [1.54, 1.807) is 11.3 Å². The Labute approximate surface area is 138 Å². The molecule has 116 valence electrons. The maximum atomic E-state index is 11.8. The van der Waals surface area contributed by atoms with Crippen LogP contribution >= 0.6 is 27.3 Å². The number of rotatable bonds is 4. The highest BCUT2D eigenvalue weighted by molar-refractivity contribution is 9.11. The number of carbonyl (C=O) groups is 1. The van der Waals surface area contributed by atoms with Crippen molar-refractivity contribution in [2.75, 3.05) is 19.6 Å². The van der Waals surface area contributed by atoms with Crippen molar-refractivity contribution in [3.05, 3.63) is 20.8 Å². The fraction of sp³-hybridized carbons (Fsp3) is 0.667. The van der Waals surface area contributed by atoms with Crippen LogP contribution in [0.4, 0.5) is 0 Å². The molecule has 2 saturated heterocycles. The van der Waals surface area contributed by atoms with Gasteiger partial charge in [0.2, 0.25) is 5.91 Å². The van der Waals surface area contributed by atoms with E-state index in [1.807, 2.05) is 0 Å². The smallest absolute Gasteiger partial charge is 0.222 e. The lowest BCUT2D eigenvalue weighted by molar-refractivity contribution is -0.131. The maximum Gasteiger partial charge on any atom is 0.222 e. The Morgan fingerprint density at radius 2 is 2.29 bits per heavy atom. The van der Waals surface area contributed by atoms with Crippen LogP contribution in [0.1, 0.15) is 37.1 Å². The minimum Gasteiger partial charge on any atom is -0.337 e. The topological polar surface area (TPSA) is 49.6 Å². The van der Waals surface area contributed by atoms with Crippen LogP contribution in [-0.4, -0.2) is 47.4 Å². The van der Waals surface area contributed by atoms with Crippen LogP contribution in [0.25, 0.3) is 0 Å². The molecule has 0 aliphatic carbocycles. The Kier molecular flexibility index (Phi) is 4.69. The number of fused-ring (bicyclic) bond motifs is 1. The van der Waals surface area contributed by atoms with Gasteiger partial charge in [-0.25, -0.2) is 0 Å². The number of hydrogen-bond donors (Lipinski definition) is 1. The summed E-state index contributed by atoms with van der Waals surface area (Å²) in [6.07, 6.45) is 2.68. The standard InChI is InChI=1S/C15H22BrN3OS/c1-2-11(17)15(12-4-5-13(16)21-12)18-7-8-19-10(9-18)3-6-14(19)20/h4-5,10-11,15H,2-3,6-9,17H2,1H3. The Balaban J connectivity index is 1.79. The zero-order chi connectivity index (χ0) is 15.0. The maximum absolute atomic E-state index is 11.8. The van der Waals surface area contributed by atoms with Gasteiger partial charge in [0.15, 0.2) is 0 Å². The van der Waals surface area contributed by atoms with Gasteiger partial charge in [0.1, 0.15) is 0 Å². The van der Waals surface area contributed by atoms with Crippen LogP contribution in [0.2, 0.25) is 0 Å². The molecule has 0 radical (unpaired) electrons. The largest absolute Gasteiger partial charge is 0.337 e. The van der Waals surface area contributed by atoms with Crippen LogP contribution < -0.4 is 5.73 Å². The third-order valence-electron chi connectivity index (χ3n) is 4.68. The predicted octanol–water partition coefficient (Wildman–Crippen LogP) is 2.60. The van der Waals surface area contributed by atoms with Gasteiger partial charge in [-0.3, -0.25) is 9.69 Å². The van der Waals surface area contributed by atoms with Crippen molar-refractivity contribution in [3.63, 3.8) is 0 Å². The molecule has 21 heavy (non-hydrogen) atoms. The lowest BCUT2D eigenvalue weighted by atomic mass is 10.0. The number of thiophene rings is 1. The Hall–Kier alpha value is -0.430. The van der Waals surface area contributed by atoms with Gasteiger partial charge in [-0.15, -0.1) is 11.3 Å². The summed E-state index contributed by atoms with van der Waals surface area (Å²) in [5.74, 6) is 0.329. The molecular weight excluding hydrogens is 350 g/mol. The molecule has 1 amide bonds. The predicted molar refractivity (Wildman–Crippen MR) is 89.3 cm³/mol. The second-order valence-electron chi connectivity index (χ2n) is 5.93. The van der Waals surface area contributed by atoms with Gasteiger partial charge in [-0.05, 0) is 40.9 Å². The van der Waals surface area contributed by atoms with Crippen molar-refractivity contribution in [1.82, 2.24) is 9.80 Å². The van der Waals surface area contributed by atoms with E-state index in [-0.39, 0.29) is 12.1 Å². The summed E-state index contributed by atoms with van der Waals surface area (Å²) in [7, 11) is 0. The number of halogens is 1. The minimum atomic E-state index is 0.138. The number of nitrogens with zero attached hydrogens (tertiary/aromatic N) is 2. The highest BCUT2D eigenvalue weighted by atomic mass is 79.9. The quantitative estimate of drug-likeness (QED) is 0.884. The second kappa shape index (κ2) is 6.36. The average molecular weight is 372 g/mol. The molecule has 2 N–H and O–H groups in total. The minimum absolute atomic E-state index is 0.138. The van der Waals surface area contributed by atoms with Crippen LogP contribution in [0, 0.1) is 0 Å². The van der Waals surface area contributed by atoms with E-state index >= 15 is 0 Å².